The SMILES string of the molecule is Cc1ccc(NC(=O)NC(=O)CN2C(=O)NC3(CCc4ccccc4C3)C2=O)cc1C. The van der Waals surface area contributed by atoms with Gasteiger partial charge in [-0.1, -0.05) is 30.3 Å². The van der Waals surface area contributed by atoms with Crippen molar-refractivity contribution < 1.29 is 19.2 Å². The maximum atomic E-state index is 13.0. The Bertz CT molecular complexity index is 1100. The van der Waals surface area contributed by atoms with Crippen LogP contribution in [0.25, 0.3) is 0 Å². The zero-order valence-corrected chi connectivity index (χ0v) is 17.5. The van der Waals surface area contributed by atoms with Crippen LogP contribution in [0.3, 0.4) is 0 Å². The summed E-state index contributed by atoms with van der Waals surface area (Å²) in [5, 5.41) is 7.53. The van der Waals surface area contributed by atoms with Crippen LogP contribution in [0.15, 0.2) is 42.5 Å². The lowest BCUT2D eigenvalue weighted by Crippen LogP contribution is -2.51. The summed E-state index contributed by atoms with van der Waals surface area (Å²) in [6.45, 7) is 3.35. The molecule has 4 rings (SSSR count). The summed E-state index contributed by atoms with van der Waals surface area (Å²) in [7, 11) is 0. The number of carbonyl (C=O) groups excluding carboxylic acids is 4. The summed E-state index contributed by atoms with van der Waals surface area (Å²) in [5.74, 6) is -1.17. The van der Waals surface area contributed by atoms with Crippen LogP contribution in [-0.2, 0) is 22.4 Å². The van der Waals surface area contributed by atoms with Gasteiger partial charge in [-0.15, -0.1) is 0 Å². The van der Waals surface area contributed by atoms with Gasteiger partial charge in [-0.25, -0.2) is 9.59 Å². The first-order chi connectivity index (χ1) is 14.8. The highest BCUT2D eigenvalue weighted by molar-refractivity contribution is 6.11. The number of amides is 6. The van der Waals surface area contributed by atoms with Crippen molar-refractivity contribution in [1.82, 2.24) is 15.5 Å². The van der Waals surface area contributed by atoms with Crippen molar-refractivity contribution in [1.29, 1.82) is 0 Å². The number of imide groups is 2. The summed E-state index contributed by atoms with van der Waals surface area (Å²) in [5.41, 5.74) is 3.77. The predicted octanol–water partition coefficient (Wildman–Crippen LogP) is 2.43. The van der Waals surface area contributed by atoms with Crippen LogP contribution in [0.1, 0.15) is 28.7 Å². The maximum Gasteiger partial charge on any atom is 0.325 e. The van der Waals surface area contributed by atoms with Crippen molar-refractivity contribution in [3.63, 3.8) is 0 Å². The molecule has 1 atom stereocenters. The highest BCUT2D eigenvalue weighted by Gasteiger charge is 2.52. The average molecular weight is 420 g/mol. The van der Waals surface area contributed by atoms with E-state index in [1.165, 1.54) is 0 Å². The fraction of sp³-hybridized carbons (Fsp3) is 0.304. The van der Waals surface area contributed by atoms with Crippen molar-refractivity contribution in [3.8, 4) is 0 Å². The van der Waals surface area contributed by atoms with Gasteiger partial charge in [-0.2, -0.15) is 0 Å². The molecule has 2 aromatic rings. The highest BCUT2D eigenvalue weighted by atomic mass is 16.2. The van der Waals surface area contributed by atoms with E-state index in [1.807, 2.05) is 44.2 Å². The Morgan fingerprint density at radius 2 is 1.81 bits per heavy atom. The largest absolute Gasteiger partial charge is 0.325 e. The van der Waals surface area contributed by atoms with Gasteiger partial charge in [-0.05, 0) is 61.1 Å². The minimum Gasteiger partial charge on any atom is -0.323 e. The molecular weight excluding hydrogens is 396 g/mol. The zero-order valence-electron chi connectivity index (χ0n) is 17.5. The van der Waals surface area contributed by atoms with Gasteiger partial charge in [0.15, 0.2) is 0 Å². The van der Waals surface area contributed by atoms with Crippen LogP contribution in [0.5, 0.6) is 0 Å². The van der Waals surface area contributed by atoms with E-state index in [0.29, 0.717) is 24.9 Å². The quantitative estimate of drug-likeness (QED) is 0.663. The molecule has 0 bridgehead atoms. The lowest BCUT2D eigenvalue weighted by Gasteiger charge is -2.32. The first-order valence-corrected chi connectivity index (χ1v) is 10.2. The number of fused-ring (bicyclic) bond motifs is 1. The fourth-order valence-electron chi connectivity index (χ4n) is 4.14. The number of hydrogen-bond acceptors (Lipinski definition) is 4. The third-order valence-electron chi connectivity index (χ3n) is 6.00. The van der Waals surface area contributed by atoms with Gasteiger partial charge in [0.25, 0.3) is 5.91 Å². The monoisotopic (exact) mass is 420 g/mol. The third-order valence-corrected chi connectivity index (χ3v) is 6.00. The van der Waals surface area contributed by atoms with Crippen LogP contribution in [0, 0.1) is 13.8 Å². The van der Waals surface area contributed by atoms with Crippen LogP contribution < -0.4 is 16.0 Å². The van der Waals surface area contributed by atoms with Gasteiger partial charge in [0.1, 0.15) is 12.1 Å². The molecular formula is C23H24N4O4. The third kappa shape index (κ3) is 4.01. The van der Waals surface area contributed by atoms with Gasteiger partial charge < -0.3 is 10.6 Å². The van der Waals surface area contributed by atoms with Gasteiger partial charge in [0.05, 0.1) is 0 Å². The molecule has 0 saturated carbocycles. The molecule has 1 aliphatic heterocycles. The summed E-state index contributed by atoms with van der Waals surface area (Å²) >= 11 is 0. The second-order valence-electron chi connectivity index (χ2n) is 8.15. The smallest absolute Gasteiger partial charge is 0.323 e. The Hall–Kier alpha value is -3.68. The molecule has 1 fully saturated rings. The Morgan fingerprint density at radius 3 is 2.55 bits per heavy atom. The lowest BCUT2D eigenvalue weighted by molar-refractivity contribution is -0.135. The summed E-state index contributed by atoms with van der Waals surface area (Å²) in [6, 6.07) is 11.9. The molecule has 1 aliphatic carbocycles. The van der Waals surface area contributed by atoms with E-state index in [2.05, 4.69) is 16.0 Å². The second-order valence-corrected chi connectivity index (χ2v) is 8.15. The molecule has 160 valence electrons. The number of benzene rings is 2. The van der Waals surface area contributed by atoms with Gasteiger partial charge in [0.2, 0.25) is 5.91 Å². The maximum absolute atomic E-state index is 13.0. The van der Waals surface area contributed by atoms with Crippen molar-refractivity contribution >= 4 is 29.6 Å². The lowest BCUT2D eigenvalue weighted by atomic mass is 9.78. The van der Waals surface area contributed by atoms with Crippen LogP contribution in [0.4, 0.5) is 15.3 Å². The van der Waals surface area contributed by atoms with E-state index >= 15 is 0 Å². The Morgan fingerprint density at radius 1 is 1.06 bits per heavy atom. The first kappa shape index (κ1) is 20.6. The molecule has 1 unspecified atom stereocenters. The first-order valence-electron chi connectivity index (χ1n) is 10.2. The molecule has 31 heavy (non-hydrogen) atoms. The molecule has 2 aliphatic rings. The Kier molecular flexibility index (Phi) is 5.22. The average Bonchev–Trinajstić information content (AvgIpc) is 2.94. The van der Waals surface area contributed by atoms with Gasteiger partial charge in [0, 0.05) is 12.1 Å². The van der Waals surface area contributed by atoms with E-state index in [0.717, 1.165) is 27.2 Å². The molecule has 8 nitrogen and oxygen atoms in total. The number of urea groups is 2. The van der Waals surface area contributed by atoms with Crippen molar-refractivity contribution in [3.05, 3.63) is 64.7 Å². The Labute approximate surface area is 180 Å². The van der Waals surface area contributed by atoms with E-state index in [9.17, 15) is 19.2 Å². The molecule has 0 aromatic heterocycles. The number of aryl methyl sites for hydroxylation is 3. The second kappa shape index (κ2) is 7.86. The van der Waals surface area contributed by atoms with E-state index in [4.69, 9.17) is 0 Å². The number of nitrogens with one attached hydrogen (secondary N) is 3. The summed E-state index contributed by atoms with van der Waals surface area (Å²) in [6.07, 6.45) is 1.53. The molecule has 1 heterocycles. The topological polar surface area (TPSA) is 108 Å². The van der Waals surface area contributed by atoms with E-state index in [1.54, 1.807) is 12.1 Å². The fourth-order valence-corrected chi connectivity index (χ4v) is 4.14. The van der Waals surface area contributed by atoms with Crippen LogP contribution in [0.2, 0.25) is 0 Å². The molecule has 8 heteroatoms. The van der Waals surface area contributed by atoms with E-state index < -0.39 is 36.0 Å². The molecule has 2 aromatic carbocycles. The Balaban J connectivity index is 1.38. The van der Waals surface area contributed by atoms with Crippen molar-refractivity contribution in [2.75, 3.05) is 11.9 Å². The van der Waals surface area contributed by atoms with Gasteiger partial charge in [-0.3, -0.25) is 19.8 Å². The van der Waals surface area contributed by atoms with Crippen LogP contribution >= 0.6 is 0 Å². The molecule has 1 spiro atoms. The van der Waals surface area contributed by atoms with E-state index in [-0.39, 0.29) is 0 Å². The zero-order chi connectivity index (χ0) is 22.2. The summed E-state index contributed by atoms with van der Waals surface area (Å²) in [4.78, 5) is 50.9. The standard InChI is InChI=1S/C23H24N4O4/c1-14-7-8-18(11-15(14)2)24-21(30)25-19(28)13-27-20(29)23(26-22(27)31)10-9-16-5-3-4-6-17(16)12-23/h3-8,11H,9-10,12-13H2,1-2H3,(H,26,31)(H2,24,25,28,30). The minimum absolute atomic E-state index is 0.388. The van der Waals surface area contributed by atoms with Crippen molar-refractivity contribution in [2.24, 2.45) is 0 Å². The van der Waals surface area contributed by atoms with Crippen LogP contribution in [-0.4, -0.2) is 40.9 Å². The van der Waals surface area contributed by atoms with Gasteiger partial charge >= 0.3 is 12.1 Å². The molecule has 1 saturated heterocycles. The number of rotatable bonds is 3. The minimum atomic E-state index is -1.03. The molecule has 3 N–H and O–H groups in total. The molecule has 6 amide bonds. The predicted molar refractivity (Wildman–Crippen MR) is 115 cm³/mol. The number of hydrogen-bond donors (Lipinski definition) is 3. The number of anilines is 1. The summed E-state index contributed by atoms with van der Waals surface area (Å²) < 4.78 is 0. The number of carbonyl (C=O) groups is 4. The number of nitrogens with zero attached hydrogens (tertiary/aromatic N) is 1. The van der Waals surface area contributed by atoms with Crippen molar-refractivity contribution in [2.45, 2.75) is 38.6 Å². The highest BCUT2D eigenvalue weighted by Crippen LogP contribution is 2.33. The molecule has 0 radical (unpaired) electrons. The normalized spacial score (nSPS) is 19.7.